The molecular formula is C25H28N4O2. The fourth-order valence-corrected chi connectivity index (χ4v) is 4.42. The smallest absolute Gasteiger partial charge is 0.227 e. The SMILES string of the molecule is N#Cc1ccc(CN2CCCN(C(=O)CCC3Cc4ccccc4NC3=O)CC2)cc1. The van der Waals surface area contributed by atoms with Crippen LogP contribution in [0.1, 0.15) is 36.0 Å². The van der Waals surface area contributed by atoms with E-state index in [1.165, 1.54) is 5.56 Å². The first-order valence-electron chi connectivity index (χ1n) is 11.0. The zero-order valence-corrected chi connectivity index (χ0v) is 17.7. The van der Waals surface area contributed by atoms with E-state index in [0.717, 1.165) is 50.4 Å². The third-order valence-corrected chi connectivity index (χ3v) is 6.25. The Bertz CT molecular complexity index is 980. The third kappa shape index (κ3) is 5.31. The second-order valence-electron chi connectivity index (χ2n) is 8.41. The molecule has 6 nitrogen and oxygen atoms in total. The maximum Gasteiger partial charge on any atom is 0.227 e. The molecule has 0 spiro atoms. The highest BCUT2D eigenvalue weighted by molar-refractivity contribution is 5.96. The number of para-hydroxylation sites is 1. The Morgan fingerprint density at radius 1 is 1.06 bits per heavy atom. The lowest BCUT2D eigenvalue weighted by molar-refractivity contribution is -0.131. The highest BCUT2D eigenvalue weighted by Gasteiger charge is 2.27. The predicted octanol–water partition coefficient (Wildman–Crippen LogP) is 3.18. The topological polar surface area (TPSA) is 76.4 Å². The lowest BCUT2D eigenvalue weighted by Crippen LogP contribution is -2.36. The second-order valence-corrected chi connectivity index (χ2v) is 8.41. The number of anilines is 1. The molecule has 0 aromatic heterocycles. The summed E-state index contributed by atoms with van der Waals surface area (Å²) in [5.74, 6) is 0.0292. The van der Waals surface area contributed by atoms with Crippen LogP contribution >= 0.6 is 0 Å². The van der Waals surface area contributed by atoms with Crippen LogP contribution < -0.4 is 5.32 Å². The van der Waals surface area contributed by atoms with Crippen LogP contribution in [0.15, 0.2) is 48.5 Å². The van der Waals surface area contributed by atoms with Crippen molar-refractivity contribution in [3.05, 3.63) is 65.2 Å². The maximum absolute atomic E-state index is 12.8. The molecule has 6 heteroatoms. The molecule has 160 valence electrons. The van der Waals surface area contributed by atoms with E-state index in [-0.39, 0.29) is 17.7 Å². The minimum Gasteiger partial charge on any atom is -0.341 e. The van der Waals surface area contributed by atoms with Gasteiger partial charge in [0.25, 0.3) is 0 Å². The molecule has 2 aliphatic rings. The molecule has 0 bridgehead atoms. The van der Waals surface area contributed by atoms with E-state index >= 15 is 0 Å². The first-order valence-corrected chi connectivity index (χ1v) is 11.0. The molecule has 0 radical (unpaired) electrons. The molecule has 1 saturated heterocycles. The van der Waals surface area contributed by atoms with Crippen LogP contribution in [-0.4, -0.2) is 47.8 Å². The number of fused-ring (bicyclic) bond motifs is 1. The van der Waals surface area contributed by atoms with Crippen molar-refractivity contribution < 1.29 is 9.59 Å². The minimum atomic E-state index is -0.140. The van der Waals surface area contributed by atoms with Crippen molar-refractivity contribution in [2.45, 2.75) is 32.2 Å². The Morgan fingerprint density at radius 3 is 2.68 bits per heavy atom. The molecular weight excluding hydrogens is 388 g/mol. The monoisotopic (exact) mass is 416 g/mol. The van der Waals surface area contributed by atoms with Gasteiger partial charge in [-0.25, -0.2) is 0 Å². The van der Waals surface area contributed by atoms with Crippen molar-refractivity contribution in [1.29, 1.82) is 5.26 Å². The molecule has 31 heavy (non-hydrogen) atoms. The van der Waals surface area contributed by atoms with Gasteiger partial charge in [-0.05, 0) is 48.6 Å². The van der Waals surface area contributed by atoms with Crippen LogP contribution in [0.3, 0.4) is 0 Å². The van der Waals surface area contributed by atoms with E-state index in [9.17, 15) is 9.59 Å². The number of nitriles is 1. The summed E-state index contributed by atoms with van der Waals surface area (Å²) in [5, 5.41) is 11.9. The molecule has 1 unspecified atom stereocenters. The van der Waals surface area contributed by atoms with Crippen LogP contribution in [0.2, 0.25) is 0 Å². The number of nitrogens with zero attached hydrogens (tertiary/aromatic N) is 3. The van der Waals surface area contributed by atoms with Crippen molar-refractivity contribution in [3.63, 3.8) is 0 Å². The Kier molecular flexibility index (Phi) is 6.63. The lowest BCUT2D eigenvalue weighted by Gasteiger charge is -2.26. The van der Waals surface area contributed by atoms with E-state index in [4.69, 9.17) is 5.26 Å². The summed E-state index contributed by atoms with van der Waals surface area (Å²) in [6.45, 7) is 4.10. The summed E-state index contributed by atoms with van der Waals surface area (Å²) < 4.78 is 0. The van der Waals surface area contributed by atoms with E-state index in [1.807, 2.05) is 53.4 Å². The van der Waals surface area contributed by atoms with Gasteiger partial charge in [-0.1, -0.05) is 30.3 Å². The van der Waals surface area contributed by atoms with Gasteiger partial charge in [0.1, 0.15) is 0 Å². The average Bonchev–Trinajstić information content (AvgIpc) is 3.03. The number of nitrogens with one attached hydrogen (secondary N) is 1. The zero-order valence-electron chi connectivity index (χ0n) is 17.7. The van der Waals surface area contributed by atoms with Crippen LogP contribution in [-0.2, 0) is 22.6 Å². The summed E-state index contributed by atoms with van der Waals surface area (Å²) >= 11 is 0. The lowest BCUT2D eigenvalue weighted by atomic mass is 9.89. The molecule has 2 aromatic rings. The molecule has 2 aromatic carbocycles. The van der Waals surface area contributed by atoms with Gasteiger partial charge in [0.15, 0.2) is 0 Å². The van der Waals surface area contributed by atoms with Gasteiger partial charge < -0.3 is 10.2 Å². The zero-order chi connectivity index (χ0) is 21.6. The summed E-state index contributed by atoms with van der Waals surface area (Å²) in [6.07, 6.45) is 2.65. The molecule has 1 fully saturated rings. The maximum atomic E-state index is 12.8. The standard InChI is InChI=1S/C25H28N4O2/c26-17-19-6-8-20(9-7-19)18-28-12-3-13-29(15-14-28)24(30)11-10-22-16-21-4-1-2-5-23(21)27-25(22)31/h1-2,4-9,22H,3,10-16,18H2,(H,27,31). The van der Waals surface area contributed by atoms with E-state index in [0.29, 0.717) is 24.8 Å². The molecule has 1 N–H and O–H groups in total. The van der Waals surface area contributed by atoms with Crippen molar-refractivity contribution in [2.75, 3.05) is 31.5 Å². The summed E-state index contributed by atoms with van der Waals surface area (Å²) in [5.41, 5.74) is 3.90. The van der Waals surface area contributed by atoms with Crippen molar-refractivity contribution in [2.24, 2.45) is 5.92 Å². The van der Waals surface area contributed by atoms with E-state index in [2.05, 4.69) is 16.3 Å². The quantitative estimate of drug-likeness (QED) is 0.812. The number of rotatable bonds is 5. The van der Waals surface area contributed by atoms with Crippen molar-refractivity contribution in [3.8, 4) is 6.07 Å². The number of carbonyl (C=O) groups is 2. The normalized spacial score (nSPS) is 19.1. The van der Waals surface area contributed by atoms with Gasteiger partial charge >= 0.3 is 0 Å². The first-order chi connectivity index (χ1) is 15.1. The van der Waals surface area contributed by atoms with Gasteiger partial charge in [0, 0.05) is 50.7 Å². The van der Waals surface area contributed by atoms with E-state index in [1.54, 1.807) is 0 Å². The van der Waals surface area contributed by atoms with Gasteiger partial charge in [-0.3, -0.25) is 14.5 Å². The van der Waals surface area contributed by atoms with E-state index < -0.39 is 0 Å². The largest absolute Gasteiger partial charge is 0.341 e. The van der Waals surface area contributed by atoms with Gasteiger partial charge in [0.2, 0.25) is 11.8 Å². The van der Waals surface area contributed by atoms with Crippen LogP contribution in [0.4, 0.5) is 5.69 Å². The Labute approximate surface area is 183 Å². The fraction of sp³-hybridized carbons (Fsp3) is 0.400. The van der Waals surface area contributed by atoms with Gasteiger partial charge in [0.05, 0.1) is 11.6 Å². The third-order valence-electron chi connectivity index (χ3n) is 6.25. The average molecular weight is 417 g/mol. The number of amides is 2. The number of hydrogen-bond donors (Lipinski definition) is 1. The number of carbonyl (C=O) groups excluding carboxylic acids is 2. The number of benzene rings is 2. The summed E-state index contributed by atoms with van der Waals surface area (Å²) in [6, 6.07) is 17.7. The molecule has 0 saturated carbocycles. The Hall–Kier alpha value is -3.17. The van der Waals surface area contributed by atoms with Crippen LogP contribution in [0.25, 0.3) is 0 Å². The minimum absolute atomic E-state index is 0.0240. The van der Waals surface area contributed by atoms with Crippen LogP contribution in [0, 0.1) is 17.2 Å². The molecule has 2 aliphatic heterocycles. The Balaban J connectivity index is 1.26. The molecule has 4 rings (SSSR count). The fourth-order valence-electron chi connectivity index (χ4n) is 4.42. The second kappa shape index (κ2) is 9.76. The first kappa shape index (κ1) is 21.1. The van der Waals surface area contributed by atoms with Crippen molar-refractivity contribution >= 4 is 17.5 Å². The van der Waals surface area contributed by atoms with Gasteiger partial charge in [-0.2, -0.15) is 5.26 Å². The molecule has 2 amide bonds. The van der Waals surface area contributed by atoms with Crippen molar-refractivity contribution in [1.82, 2.24) is 9.80 Å². The van der Waals surface area contributed by atoms with Crippen LogP contribution in [0.5, 0.6) is 0 Å². The summed E-state index contributed by atoms with van der Waals surface area (Å²) in [7, 11) is 0. The number of hydrogen-bond acceptors (Lipinski definition) is 4. The molecule has 2 heterocycles. The highest BCUT2D eigenvalue weighted by atomic mass is 16.2. The molecule has 1 atom stereocenters. The van der Waals surface area contributed by atoms with Gasteiger partial charge in [-0.15, -0.1) is 0 Å². The summed E-state index contributed by atoms with van der Waals surface area (Å²) in [4.78, 5) is 29.5. The highest BCUT2D eigenvalue weighted by Crippen LogP contribution is 2.27. The predicted molar refractivity (Wildman–Crippen MR) is 119 cm³/mol. The molecule has 0 aliphatic carbocycles. The Morgan fingerprint density at radius 2 is 1.87 bits per heavy atom.